The van der Waals surface area contributed by atoms with Crippen molar-refractivity contribution in [1.29, 1.82) is 0 Å². The summed E-state index contributed by atoms with van der Waals surface area (Å²) in [7, 11) is 0. The molecular formula is C19H16BrN5O2S. The molecule has 0 radical (unpaired) electrons. The van der Waals surface area contributed by atoms with E-state index >= 15 is 0 Å². The van der Waals surface area contributed by atoms with Crippen LogP contribution < -0.4 is 10.7 Å². The monoisotopic (exact) mass is 457 g/mol. The van der Waals surface area contributed by atoms with Crippen LogP contribution in [0.15, 0.2) is 58.1 Å². The van der Waals surface area contributed by atoms with Gasteiger partial charge in [0.15, 0.2) is 0 Å². The van der Waals surface area contributed by atoms with Crippen molar-refractivity contribution >= 4 is 50.4 Å². The number of aryl methyl sites for hydroxylation is 1. The van der Waals surface area contributed by atoms with Gasteiger partial charge in [0.05, 0.1) is 12.6 Å². The van der Waals surface area contributed by atoms with Crippen molar-refractivity contribution in [3.8, 4) is 0 Å². The highest BCUT2D eigenvalue weighted by atomic mass is 79.9. The molecule has 0 spiro atoms. The van der Waals surface area contributed by atoms with Crippen LogP contribution >= 0.6 is 27.3 Å². The van der Waals surface area contributed by atoms with Gasteiger partial charge in [0.2, 0.25) is 11.0 Å². The molecule has 3 rings (SSSR count). The van der Waals surface area contributed by atoms with E-state index in [4.69, 9.17) is 0 Å². The average Bonchev–Trinajstić information content (AvgIpc) is 3.10. The van der Waals surface area contributed by atoms with Crippen LogP contribution in [0.5, 0.6) is 0 Å². The fraction of sp³-hybridized carbons (Fsp3) is 0.105. The third-order valence-corrected chi connectivity index (χ3v) is 4.95. The molecular weight excluding hydrogens is 442 g/mol. The zero-order chi connectivity index (χ0) is 19.9. The Morgan fingerprint density at radius 1 is 1.11 bits per heavy atom. The number of halogens is 1. The van der Waals surface area contributed by atoms with Crippen molar-refractivity contribution in [3.05, 3.63) is 74.7 Å². The number of carbonyl (C=O) groups excluding carboxylic acids is 2. The van der Waals surface area contributed by atoms with Gasteiger partial charge in [0, 0.05) is 10.0 Å². The predicted octanol–water partition coefficient (Wildman–Crippen LogP) is 3.55. The number of carbonyl (C=O) groups is 2. The molecule has 1 heterocycles. The van der Waals surface area contributed by atoms with Crippen LogP contribution in [0, 0.1) is 6.92 Å². The Kier molecular flexibility index (Phi) is 6.62. The Labute approximate surface area is 174 Å². The second kappa shape index (κ2) is 9.34. The van der Waals surface area contributed by atoms with Gasteiger partial charge in [-0.1, -0.05) is 57.1 Å². The fourth-order valence-electron chi connectivity index (χ4n) is 2.15. The maximum absolute atomic E-state index is 12.2. The molecule has 0 aliphatic rings. The van der Waals surface area contributed by atoms with Gasteiger partial charge in [-0.15, -0.1) is 10.2 Å². The van der Waals surface area contributed by atoms with Crippen molar-refractivity contribution in [2.45, 2.75) is 13.3 Å². The van der Waals surface area contributed by atoms with Gasteiger partial charge in [-0.25, -0.2) is 5.43 Å². The first-order chi connectivity index (χ1) is 13.5. The first kappa shape index (κ1) is 19.8. The second-order valence-corrected chi connectivity index (χ2v) is 7.82. The Hall–Kier alpha value is -2.91. The molecule has 2 aromatic carbocycles. The molecule has 0 unspecified atom stereocenters. The molecule has 0 aliphatic heterocycles. The smallest absolute Gasteiger partial charge is 0.257 e. The summed E-state index contributed by atoms with van der Waals surface area (Å²) in [6, 6.07) is 14.7. The summed E-state index contributed by atoms with van der Waals surface area (Å²) in [6.07, 6.45) is 1.58. The lowest BCUT2D eigenvalue weighted by Crippen LogP contribution is -2.19. The van der Waals surface area contributed by atoms with Gasteiger partial charge >= 0.3 is 0 Å². The maximum atomic E-state index is 12.2. The van der Waals surface area contributed by atoms with E-state index in [9.17, 15) is 9.59 Å². The van der Waals surface area contributed by atoms with E-state index < -0.39 is 0 Å². The first-order valence-corrected chi connectivity index (χ1v) is 9.88. The standard InChI is InChI=1S/C19H16BrN5O2S/c1-12-2-6-14(7-3-12)18(27)22-19-25-24-17(28-19)10-16(26)23-21-11-13-4-8-15(20)9-5-13/h2-9,11H,10H2,1H3,(H,23,26)(H,22,25,27)/b21-11-. The normalized spacial score (nSPS) is 10.8. The van der Waals surface area contributed by atoms with E-state index in [2.05, 4.69) is 42.0 Å². The Morgan fingerprint density at radius 3 is 2.54 bits per heavy atom. The lowest BCUT2D eigenvalue weighted by molar-refractivity contribution is -0.120. The van der Waals surface area contributed by atoms with Gasteiger partial charge in [0.1, 0.15) is 5.01 Å². The summed E-state index contributed by atoms with van der Waals surface area (Å²) in [4.78, 5) is 24.1. The number of hydrogen-bond donors (Lipinski definition) is 2. The molecule has 2 N–H and O–H groups in total. The van der Waals surface area contributed by atoms with Crippen LogP contribution in [0.1, 0.15) is 26.5 Å². The van der Waals surface area contributed by atoms with E-state index in [0.29, 0.717) is 15.7 Å². The molecule has 0 saturated carbocycles. The first-order valence-electron chi connectivity index (χ1n) is 8.27. The number of benzene rings is 2. The minimum Gasteiger partial charge on any atom is -0.296 e. The summed E-state index contributed by atoms with van der Waals surface area (Å²) in [5.41, 5.74) is 4.91. The topological polar surface area (TPSA) is 96.3 Å². The molecule has 0 fully saturated rings. The molecule has 3 aromatic rings. The minimum atomic E-state index is -0.319. The quantitative estimate of drug-likeness (QED) is 0.436. The average molecular weight is 458 g/mol. The number of nitrogens with one attached hydrogen (secondary N) is 2. The Morgan fingerprint density at radius 2 is 1.82 bits per heavy atom. The van der Waals surface area contributed by atoms with Gasteiger partial charge in [-0.3, -0.25) is 14.9 Å². The number of hydrazone groups is 1. The number of anilines is 1. The fourth-order valence-corrected chi connectivity index (χ4v) is 3.15. The molecule has 2 amide bonds. The predicted molar refractivity (Wildman–Crippen MR) is 113 cm³/mol. The summed E-state index contributed by atoms with van der Waals surface area (Å²) in [6.45, 7) is 1.95. The summed E-state index contributed by atoms with van der Waals surface area (Å²) in [5, 5.41) is 15.2. The number of rotatable bonds is 6. The second-order valence-electron chi connectivity index (χ2n) is 5.84. The number of amides is 2. The number of aromatic nitrogens is 2. The Balaban J connectivity index is 1.50. The van der Waals surface area contributed by atoms with Crippen molar-refractivity contribution in [3.63, 3.8) is 0 Å². The number of nitrogens with zero attached hydrogens (tertiary/aromatic N) is 3. The van der Waals surface area contributed by atoms with Crippen LogP contribution in [-0.4, -0.2) is 28.2 Å². The molecule has 0 atom stereocenters. The van der Waals surface area contributed by atoms with Crippen LogP contribution in [0.2, 0.25) is 0 Å². The Bertz CT molecular complexity index is 1000. The van der Waals surface area contributed by atoms with Gasteiger partial charge in [0.25, 0.3) is 5.91 Å². The zero-order valence-corrected chi connectivity index (χ0v) is 17.3. The largest absolute Gasteiger partial charge is 0.296 e. The van der Waals surface area contributed by atoms with E-state index in [-0.39, 0.29) is 18.2 Å². The molecule has 7 nitrogen and oxygen atoms in total. The molecule has 0 saturated heterocycles. The molecule has 142 valence electrons. The van der Waals surface area contributed by atoms with Gasteiger partial charge in [-0.05, 0) is 36.8 Å². The molecule has 0 bridgehead atoms. The molecule has 1 aromatic heterocycles. The number of hydrogen-bond acceptors (Lipinski definition) is 6. The highest BCUT2D eigenvalue weighted by molar-refractivity contribution is 9.10. The van der Waals surface area contributed by atoms with Crippen molar-refractivity contribution in [1.82, 2.24) is 15.6 Å². The molecule has 9 heteroatoms. The third-order valence-electron chi connectivity index (χ3n) is 3.59. The SMILES string of the molecule is Cc1ccc(C(=O)Nc2nnc(CC(=O)N/N=C\c3ccc(Br)cc3)s2)cc1. The molecule has 28 heavy (non-hydrogen) atoms. The summed E-state index contributed by atoms with van der Waals surface area (Å²) < 4.78 is 0.968. The third kappa shape index (κ3) is 5.80. The highest BCUT2D eigenvalue weighted by Gasteiger charge is 2.12. The lowest BCUT2D eigenvalue weighted by Gasteiger charge is -2.01. The maximum Gasteiger partial charge on any atom is 0.257 e. The highest BCUT2D eigenvalue weighted by Crippen LogP contribution is 2.17. The van der Waals surface area contributed by atoms with Gasteiger partial charge < -0.3 is 0 Å². The van der Waals surface area contributed by atoms with Gasteiger partial charge in [-0.2, -0.15) is 5.10 Å². The lowest BCUT2D eigenvalue weighted by atomic mass is 10.1. The van der Waals surface area contributed by atoms with Crippen LogP contribution in [0.25, 0.3) is 0 Å². The van der Waals surface area contributed by atoms with Crippen LogP contribution in [-0.2, 0) is 11.2 Å². The zero-order valence-electron chi connectivity index (χ0n) is 14.8. The van der Waals surface area contributed by atoms with Crippen molar-refractivity contribution in [2.75, 3.05) is 5.32 Å². The van der Waals surface area contributed by atoms with E-state index in [1.54, 1.807) is 18.3 Å². The van der Waals surface area contributed by atoms with Crippen LogP contribution in [0.4, 0.5) is 5.13 Å². The van der Waals surface area contributed by atoms with Crippen LogP contribution in [0.3, 0.4) is 0 Å². The summed E-state index contributed by atoms with van der Waals surface area (Å²) >= 11 is 4.50. The van der Waals surface area contributed by atoms with Crippen molar-refractivity contribution in [2.24, 2.45) is 5.10 Å². The molecule has 0 aliphatic carbocycles. The van der Waals surface area contributed by atoms with E-state index in [1.807, 2.05) is 43.3 Å². The van der Waals surface area contributed by atoms with Crippen molar-refractivity contribution < 1.29 is 9.59 Å². The minimum absolute atomic E-state index is 0.0236. The van der Waals surface area contributed by atoms with E-state index in [0.717, 1.165) is 26.9 Å². The summed E-state index contributed by atoms with van der Waals surface area (Å²) in [5.74, 6) is -0.591. The van der Waals surface area contributed by atoms with E-state index in [1.165, 1.54) is 0 Å².